The Morgan fingerprint density at radius 1 is 1.36 bits per heavy atom. The molecule has 2 fully saturated rings. The maximum absolute atomic E-state index is 11.0. The summed E-state index contributed by atoms with van der Waals surface area (Å²) in [6.07, 6.45) is 6.36. The van der Waals surface area contributed by atoms with E-state index in [0.717, 1.165) is 0 Å². The van der Waals surface area contributed by atoms with E-state index >= 15 is 0 Å². The molecule has 0 aromatic rings. The number of hydrogen-bond donors (Lipinski definition) is 1. The van der Waals surface area contributed by atoms with Crippen LogP contribution in [0.1, 0.15) is 39.0 Å². The van der Waals surface area contributed by atoms with Gasteiger partial charge < -0.3 is 5.32 Å². The smallest absolute Gasteiger partial charge is 0.225 e. The molecule has 1 atom stereocenters. The van der Waals surface area contributed by atoms with Gasteiger partial charge in [0.2, 0.25) is 5.91 Å². The summed E-state index contributed by atoms with van der Waals surface area (Å²) in [7, 11) is 0. The zero-order valence-electron chi connectivity index (χ0n) is 7.02. The lowest BCUT2D eigenvalue weighted by Gasteiger charge is -2.50. The number of rotatable bonds is 0. The number of nitrogens with one attached hydrogen (secondary N) is 1. The van der Waals surface area contributed by atoms with Gasteiger partial charge in [0.05, 0.1) is 11.5 Å². The van der Waals surface area contributed by atoms with Gasteiger partial charge >= 0.3 is 0 Å². The van der Waals surface area contributed by atoms with Crippen LogP contribution in [0.25, 0.3) is 0 Å². The van der Waals surface area contributed by atoms with E-state index < -0.39 is 0 Å². The highest BCUT2D eigenvalue weighted by atomic mass is 16.2. The van der Waals surface area contributed by atoms with Crippen molar-refractivity contribution in [3.05, 3.63) is 0 Å². The molecule has 1 heterocycles. The molecule has 62 valence electrons. The van der Waals surface area contributed by atoms with Gasteiger partial charge in [0, 0.05) is 0 Å². The number of carbonyl (C=O) groups is 1. The number of carbonyl (C=O) groups excluding carboxylic acids is 1. The van der Waals surface area contributed by atoms with Crippen LogP contribution in [-0.2, 0) is 4.79 Å². The van der Waals surface area contributed by atoms with Crippen LogP contribution in [0.3, 0.4) is 0 Å². The van der Waals surface area contributed by atoms with Crippen LogP contribution in [0.5, 0.6) is 0 Å². The molecule has 11 heavy (non-hydrogen) atoms. The van der Waals surface area contributed by atoms with E-state index in [-0.39, 0.29) is 17.4 Å². The molecule has 0 radical (unpaired) electrons. The molecule has 0 aromatic carbocycles. The van der Waals surface area contributed by atoms with Gasteiger partial charge in [-0.05, 0) is 12.8 Å². The average Bonchev–Trinajstić information content (AvgIpc) is 2.06. The fourth-order valence-electron chi connectivity index (χ4n) is 2.38. The molecule has 2 rings (SSSR count). The van der Waals surface area contributed by atoms with E-state index in [1.807, 2.05) is 0 Å². The summed E-state index contributed by atoms with van der Waals surface area (Å²) in [4.78, 5) is 11.0. The van der Waals surface area contributed by atoms with Crippen molar-refractivity contribution in [3.8, 4) is 0 Å². The van der Waals surface area contributed by atoms with E-state index in [1.165, 1.54) is 32.1 Å². The molecule has 1 aliphatic heterocycles. The minimum atomic E-state index is 0.231. The Labute approximate surface area is 67.4 Å². The summed E-state index contributed by atoms with van der Waals surface area (Å²) < 4.78 is 0. The van der Waals surface area contributed by atoms with Gasteiger partial charge in [-0.15, -0.1) is 0 Å². The first kappa shape index (κ1) is 7.14. The second-order valence-electron chi connectivity index (χ2n) is 3.93. The van der Waals surface area contributed by atoms with Crippen molar-refractivity contribution in [1.82, 2.24) is 5.32 Å². The Hall–Kier alpha value is -0.530. The Kier molecular flexibility index (Phi) is 1.44. The van der Waals surface area contributed by atoms with Crippen LogP contribution < -0.4 is 5.32 Å². The summed E-state index contributed by atoms with van der Waals surface area (Å²) in [6, 6.07) is 0. The van der Waals surface area contributed by atoms with Crippen LogP contribution in [-0.4, -0.2) is 11.4 Å². The topological polar surface area (TPSA) is 29.1 Å². The number of β-lactam (4-membered cyclic amide) rings is 1. The summed E-state index contributed by atoms with van der Waals surface area (Å²) in [5, 5.41) is 3.07. The van der Waals surface area contributed by atoms with Crippen LogP contribution in [0.4, 0.5) is 0 Å². The van der Waals surface area contributed by atoms with E-state index in [9.17, 15) is 4.79 Å². The third kappa shape index (κ3) is 0.883. The molecular formula is C9H15NO. The molecule has 1 amide bonds. The van der Waals surface area contributed by atoms with Crippen LogP contribution in [0.15, 0.2) is 0 Å². The maximum Gasteiger partial charge on any atom is 0.225 e. The lowest BCUT2D eigenvalue weighted by atomic mass is 9.68. The molecule has 2 heteroatoms. The Bertz CT molecular complexity index is 182. The predicted octanol–water partition coefficient (Wildman–Crippen LogP) is 1.46. The normalized spacial score (nSPS) is 34.6. The van der Waals surface area contributed by atoms with Crippen LogP contribution in [0.2, 0.25) is 0 Å². The fraction of sp³-hybridized carbons (Fsp3) is 0.889. The quantitative estimate of drug-likeness (QED) is 0.524. The second-order valence-corrected chi connectivity index (χ2v) is 3.93. The molecule has 1 saturated heterocycles. The largest absolute Gasteiger partial charge is 0.350 e. The first-order valence-electron chi connectivity index (χ1n) is 4.57. The summed E-state index contributed by atoms with van der Waals surface area (Å²) in [5.41, 5.74) is 0.231. The number of hydrogen-bond acceptors (Lipinski definition) is 1. The highest BCUT2D eigenvalue weighted by Crippen LogP contribution is 2.40. The van der Waals surface area contributed by atoms with Gasteiger partial charge in [-0.25, -0.2) is 0 Å². The van der Waals surface area contributed by atoms with Crippen LogP contribution in [0, 0.1) is 5.92 Å². The SMILES string of the molecule is CC1C(=O)NC12CCCCC2. The van der Waals surface area contributed by atoms with Crippen LogP contribution >= 0.6 is 0 Å². The zero-order valence-corrected chi connectivity index (χ0v) is 7.02. The molecule has 0 aromatic heterocycles. The third-order valence-corrected chi connectivity index (χ3v) is 3.34. The molecule has 2 nitrogen and oxygen atoms in total. The summed E-state index contributed by atoms with van der Waals surface area (Å²) in [6.45, 7) is 2.06. The molecule has 2 aliphatic rings. The molecule has 1 N–H and O–H groups in total. The van der Waals surface area contributed by atoms with Crippen molar-refractivity contribution in [2.24, 2.45) is 5.92 Å². The van der Waals surface area contributed by atoms with Gasteiger partial charge in [0.15, 0.2) is 0 Å². The van der Waals surface area contributed by atoms with Gasteiger partial charge in [-0.1, -0.05) is 26.2 Å². The van der Waals surface area contributed by atoms with Crippen molar-refractivity contribution in [1.29, 1.82) is 0 Å². The number of amides is 1. The average molecular weight is 153 g/mol. The van der Waals surface area contributed by atoms with E-state index in [2.05, 4.69) is 12.2 Å². The molecule has 1 unspecified atom stereocenters. The monoisotopic (exact) mass is 153 g/mol. The highest BCUT2D eigenvalue weighted by Gasteiger charge is 2.50. The lowest BCUT2D eigenvalue weighted by molar-refractivity contribution is -0.142. The van der Waals surface area contributed by atoms with Gasteiger partial charge in [0.1, 0.15) is 0 Å². The van der Waals surface area contributed by atoms with Crippen molar-refractivity contribution < 1.29 is 4.79 Å². The van der Waals surface area contributed by atoms with E-state index in [0.29, 0.717) is 0 Å². The van der Waals surface area contributed by atoms with Gasteiger partial charge in [-0.2, -0.15) is 0 Å². The first-order chi connectivity index (χ1) is 5.25. The third-order valence-electron chi connectivity index (χ3n) is 3.34. The molecule has 1 saturated carbocycles. The minimum Gasteiger partial charge on any atom is -0.350 e. The van der Waals surface area contributed by atoms with Crippen molar-refractivity contribution in [3.63, 3.8) is 0 Å². The highest BCUT2D eigenvalue weighted by molar-refractivity contribution is 5.87. The molecular weight excluding hydrogens is 138 g/mol. The summed E-state index contributed by atoms with van der Waals surface area (Å²) >= 11 is 0. The Balaban J connectivity index is 2.05. The summed E-state index contributed by atoms with van der Waals surface area (Å²) in [5.74, 6) is 0.537. The first-order valence-corrected chi connectivity index (χ1v) is 4.57. The Morgan fingerprint density at radius 2 is 2.00 bits per heavy atom. The maximum atomic E-state index is 11.0. The van der Waals surface area contributed by atoms with Crippen molar-refractivity contribution in [2.45, 2.75) is 44.6 Å². The lowest BCUT2D eigenvalue weighted by Crippen LogP contribution is -2.68. The van der Waals surface area contributed by atoms with E-state index in [1.54, 1.807) is 0 Å². The Morgan fingerprint density at radius 3 is 2.45 bits per heavy atom. The zero-order chi connectivity index (χ0) is 7.90. The van der Waals surface area contributed by atoms with Gasteiger partial charge in [-0.3, -0.25) is 4.79 Å². The molecule has 1 aliphatic carbocycles. The van der Waals surface area contributed by atoms with Crippen molar-refractivity contribution >= 4 is 5.91 Å². The van der Waals surface area contributed by atoms with E-state index in [4.69, 9.17) is 0 Å². The second kappa shape index (κ2) is 2.23. The fourth-order valence-corrected chi connectivity index (χ4v) is 2.38. The standard InChI is InChI=1S/C9H15NO/c1-7-8(11)10-9(7)5-3-2-4-6-9/h7H,2-6H2,1H3,(H,10,11). The van der Waals surface area contributed by atoms with Crippen molar-refractivity contribution in [2.75, 3.05) is 0 Å². The minimum absolute atomic E-state index is 0.231. The van der Waals surface area contributed by atoms with Gasteiger partial charge in [0.25, 0.3) is 0 Å². The molecule has 1 spiro atoms. The molecule has 0 bridgehead atoms. The predicted molar refractivity (Wildman–Crippen MR) is 43.1 cm³/mol.